The van der Waals surface area contributed by atoms with E-state index in [1.807, 2.05) is 27.7 Å². The second-order valence-corrected chi connectivity index (χ2v) is 34.9. The van der Waals surface area contributed by atoms with Crippen molar-refractivity contribution in [1.82, 2.24) is 61.0 Å². The van der Waals surface area contributed by atoms with E-state index < -0.39 is 16.8 Å². The van der Waals surface area contributed by atoms with Crippen molar-refractivity contribution in [1.29, 1.82) is 0 Å². The van der Waals surface area contributed by atoms with E-state index in [1.54, 1.807) is 37.3 Å². The summed E-state index contributed by atoms with van der Waals surface area (Å²) in [4.78, 5) is 40.6. The van der Waals surface area contributed by atoms with E-state index in [4.69, 9.17) is 14.2 Å². The summed E-state index contributed by atoms with van der Waals surface area (Å²) in [5.41, 5.74) is -1.35. The number of carbonyl (C=O) groups excluding carboxylic acids is 3. The lowest BCUT2D eigenvalue weighted by atomic mass is 9.49. The van der Waals surface area contributed by atoms with Gasteiger partial charge in [0.15, 0.2) is 23.2 Å². The highest BCUT2D eigenvalue weighted by molar-refractivity contribution is 9.09. The van der Waals surface area contributed by atoms with Crippen molar-refractivity contribution in [2.45, 2.75) is 266 Å². The molecule has 3 heterocycles. The number of hydrogen-bond donors (Lipinski definition) is 7. The maximum absolute atomic E-state index is 13.3. The molecular weight excluding hydrogens is 1430 g/mol. The number of thiol groups is 3. The maximum atomic E-state index is 13.3. The number of Topliss-reactive ketones (excluding diaryl/α,β-unsaturated/α-hetero) is 3. The molecule has 0 saturated heterocycles. The van der Waals surface area contributed by atoms with Crippen molar-refractivity contribution in [3.63, 3.8) is 0 Å². The molecule has 0 amide bonds. The van der Waals surface area contributed by atoms with Gasteiger partial charge in [-0.1, -0.05) is 41.9 Å². The third-order valence-electron chi connectivity index (χ3n) is 29.7. The monoisotopic (exact) mass is 1560 g/mol. The predicted molar refractivity (Wildman–Crippen MR) is 414 cm³/mol. The van der Waals surface area contributed by atoms with E-state index in [-0.39, 0.29) is 46.3 Å². The fourth-order valence-corrected chi connectivity index (χ4v) is 25.7. The summed E-state index contributed by atoms with van der Waals surface area (Å²) in [6.45, 7) is 22.8. The van der Waals surface area contributed by atoms with Gasteiger partial charge in [0.25, 0.3) is 0 Å². The van der Waals surface area contributed by atoms with E-state index in [0.717, 1.165) is 143 Å². The Bertz CT molecular complexity index is 3140. The summed E-state index contributed by atoms with van der Waals surface area (Å²) >= 11 is 14.0. The lowest BCUT2D eigenvalue weighted by Crippen LogP contribution is -2.52. The molecule has 3 aromatic rings. The number of carbonyl (C=O) groups is 3. The Hall–Kier alpha value is -2.49. The zero-order valence-corrected chi connectivity index (χ0v) is 69.0. The maximum Gasteiger partial charge on any atom is 0.171 e. The first-order chi connectivity index (χ1) is 49.5. The van der Waals surface area contributed by atoms with Crippen LogP contribution in [0, 0.1) is 144 Å². The number of aliphatic hydroxyl groups is 3. The molecule has 0 aliphatic heterocycles. The van der Waals surface area contributed by atoms with E-state index in [9.17, 15) is 29.7 Å². The average molecular weight is 1560 g/mol. The van der Waals surface area contributed by atoms with Crippen LogP contribution in [-0.4, -0.2) is 174 Å². The molecule has 0 unspecified atom stereocenters. The van der Waals surface area contributed by atoms with Crippen LogP contribution in [0.5, 0.6) is 0 Å². The molecule has 4 N–H and O–H groups in total. The van der Waals surface area contributed by atoms with Crippen LogP contribution < -0.4 is 0 Å². The van der Waals surface area contributed by atoms with E-state index in [0.29, 0.717) is 110 Å². The minimum Gasteiger partial charge on any atom is -0.387 e. The van der Waals surface area contributed by atoms with Gasteiger partial charge >= 0.3 is 0 Å². The number of nitrogens with one attached hydrogen (secondary N) is 1. The number of ether oxygens (including phenoxy) is 3. The van der Waals surface area contributed by atoms with Crippen LogP contribution in [0.3, 0.4) is 0 Å². The summed E-state index contributed by atoms with van der Waals surface area (Å²) in [6.07, 6.45) is 35.6. The van der Waals surface area contributed by atoms with Crippen LogP contribution in [0.1, 0.15) is 232 Å². The smallest absolute Gasteiger partial charge is 0.171 e. The van der Waals surface area contributed by atoms with Gasteiger partial charge in [-0.05, 0) is 354 Å². The Morgan fingerprint density at radius 1 is 0.466 bits per heavy atom. The number of aromatic amines is 1. The number of aryl methyl sites for hydroxylation is 3. The number of halogens is 1. The van der Waals surface area contributed by atoms with Gasteiger partial charge in [0.2, 0.25) is 0 Å². The number of rotatable bonds is 17. The second-order valence-electron chi connectivity index (χ2n) is 34.4. The van der Waals surface area contributed by atoms with E-state index in [1.165, 1.54) is 94.7 Å². The van der Waals surface area contributed by atoms with Crippen molar-refractivity contribution >= 4 is 71.2 Å². The number of nitrogens with zero attached hydrogens (tertiary/aromatic N) is 11. The molecule has 584 valence electrons. The van der Waals surface area contributed by atoms with Crippen molar-refractivity contribution < 1.29 is 43.9 Å². The average Bonchev–Trinajstić information content (AvgIpc) is 1.67. The molecule has 12 saturated carbocycles. The van der Waals surface area contributed by atoms with Gasteiger partial charge in [-0.2, -0.15) is 47.9 Å². The van der Waals surface area contributed by atoms with E-state index >= 15 is 0 Å². The zero-order valence-electron chi connectivity index (χ0n) is 64.8. The van der Waals surface area contributed by atoms with Gasteiger partial charge in [-0.3, -0.25) is 14.4 Å². The molecule has 12 aliphatic carbocycles. The quantitative estimate of drug-likeness (QED) is 0.0488. The van der Waals surface area contributed by atoms with Crippen LogP contribution in [0.4, 0.5) is 0 Å². The molecule has 25 heteroatoms. The first kappa shape index (κ1) is 84.5. The Labute approximate surface area is 641 Å². The Kier molecular flexibility index (Phi) is 30.8. The number of ketones is 3. The Balaban J connectivity index is 0.000000167. The number of tetrazole rings is 3. The lowest BCUT2D eigenvalue weighted by molar-refractivity contribution is -0.138. The van der Waals surface area contributed by atoms with Crippen LogP contribution in [0.25, 0.3) is 0 Å². The molecule has 12 fully saturated rings. The highest BCUT2D eigenvalue weighted by atomic mass is 79.9. The largest absolute Gasteiger partial charge is 0.387 e. The molecule has 24 atom stereocenters. The summed E-state index contributed by atoms with van der Waals surface area (Å²) < 4.78 is 18.5. The third kappa shape index (κ3) is 18.6. The predicted octanol–water partition coefficient (Wildman–Crippen LogP) is 13.3. The number of fused-ring (bicyclic) bond motifs is 15. The SMILES string of the molecule is CCOC[C@@]1(O)CC[C@H]2[C@@H](CC[C@@H]3[C@@H]2CC[C@]2(C)[C@@H](C(=O)CBr)CC[C@@H]32)C1.CCOC[C@@]1(O)CC[C@H]2[C@@H](CC[C@@H]3[C@@H]2CC[C@]2(C)[C@@H](C(=O)Cn4nnc(C)n4)CC[C@@H]32)C1.CCOC[C@@]1(O)CC[C@H]2[C@@H](CC[C@@H]3[C@@H]2CC[C@]2(C)[C@@H](C(=O)Cn4nnnc4C)CC[C@@H]32)C1.CS.CS.CS.Cc1nn[nH]n1. The molecule has 3 aromatic heterocycles. The molecule has 0 spiro atoms. The number of aromatic nitrogens is 12. The summed E-state index contributed by atoms with van der Waals surface area (Å²) in [5, 5.41) is 70.2. The highest BCUT2D eigenvalue weighted by Crippen LogP contribution is 2.68. The zero-order chi connectivity index (χ0) is 74.7. The molecule has 0 bridgehead atoms. The second kappa shape index (κ2) is 37.5. The Morgan fingerprint density at radius 3 is 1.16 bits per heavy atom. The first-order valence-electron chi connectivity index (χ1n) is 40.0. The fourth-order valence-electron chi connectivity index (χ4n) is 25.3. The van der Waals surface area contributed by atoms with Crippen LogP contribution in [-0.2, 0) is 41.7 Å². The summed E-state index contributed by atoms with van der Waals surface area (Å²) in [5.74, 6) is 14.6. The lowest BCUT2D eigenvalue weighted by Gasteiger charge is -2.57. The first-order valence-corrected chi connectivity index (χ1v) is 43.8. The minimum absolute atomic E-state index is 0.116. The molecular formula is C78H133BrN12O9S3. The van der Waals surface area contributed by atoms with Gasteiger partial charge in [0.1, 0.15) is 24.7 Å². The summed E-state index contributed by atoms with van der Waals surface area (Å²) in [7, 11) is 0. The topological polar surface area (TPSA) is 281 Å². The van der Waals surface area contributed by atoms with Crippen molar-refractivity contribution in [3.05, 3.63) is 17.5 Å². The molecule has 0 aromatic carbocycles. The Morgan fingerprint density at radius 2 is 0.845 bits per heavy atom. The van der Waals surface area contributed by atoms with Crippen LogP contribution in [0.2, 0.25) is 0 Å². The standard InChI is InChI=1S/2C25H40N4O3.C23H37BrO3.C2H4N4.3CH4S/c1-4-32-15-25(31)12-10-18-17(13-25)5-6-20-19(18)9-11-24(3)21(20)7-8-22(24)23(30)14-29-16(2)26-27-28-29;1-4-32-15-25(31)12-10-18-17(13-25)5-6-20-19(18)9-11-24(3)21(20)7-8-22(24)23(30)14-29-27-16(2)26-28-29;1-3-27-14-23(26)11-9-16-15(12-23)4-5-18-17(16)8-10-22(2)19(18)6-7-20(22)21(25)13-24;1-2-3-5-6-4-2;3*1-2/h2*17-22,31H,4-15H2,1-3H3;15-20,26H,3-14H2,1-2H3;1H3,(H,3,4,5,6);3*2H,1H3/t2*17-,18-,19+,20+,21-,22+,24-,25+;15-,16-,17+,18+,19-,20+,22-,23+;;;;/m000..../s1. The number of hydrogen-bond acceptors (Lipinski definition) is 21. The molecule has 15 rings (SSSR count). The van der Waals surface area contributed by atoms with Crippen molar-refractivity contribution in [2.75, 3.05) is 63.7 Å². The van der Waals surface area contributed by atoms with E-state index in [2.05, 4.69) is 126 Å². The third-order valence-corrected chi connectivity index (χ3v) is 30.2. The number of H-pyrrole nitrogens is 1. The summed E-state index contributed by atoms with van der Waals surface area (Å²) in [6, 6.07) is 0. The number of alkyl halides is 1. The van der Waals surface area contributed by atoms with Gasteiger partial charge in [0, 0.05) is 37.6 Å². The minimum atomic E-state index is -0.619. The molecule has 12 aliphatic rings. The van der Waals surface area contributed by atoms with Gasteiger partial charge < -0.3 is 29.5 Å². The fraction of sp³-hybridized carbons (Fsp3) is 0.923. The normalized spacial score (nSPS) is 40.5. The van der Waals surface area contributed by atoms with Gasteiger partial charge in [-0.25, -0.2) is 4.68 Å². The molecule has 21 nitrogen and oxygen atoms in total. The van der Waals surface area contributed by atoms with Crippen LogP contribution in [0.15, 0.2) is 0 Å². The van der Waals surface area contributed by atoms with Crippen LogP contribution >= 0.6 is 53.8 Å². The highest BCUT2D eigenvalue weighted by Gasteiger charge is 2.63. The molecule has 103 heavy (non-hydrogen) atoms. The van der Waals surface area contributed by atoms with Gasteiger partial charge in [-0.15, -0.1) is 25.5 Å². The van der Waals surface area contributed by atoms with Crippen molar-refractivity contribution in [2.24, 2.45) is 123 Å². The van der Waals surface area contributed by atoms with Crippen molar-refractivity contribution in [3.8, 4) is 0 Å². The molecule has 0 radical (unpaired) electrons. The van der Waals surface area contributed by atoms with Gasteiger partial charge in [0.05, 0.1) is 42.0 Å².